The van der Waals surface area contributed by atoms with E-state index in [0.717, 1.165) is 15.7 Å². The monoisotopic (exact) mass is 483 g/mol. The Hall–Kier alpha value is -2.13. The largest absolute Gasteiger partial charge is 0.393 e. The van der Waals surface area contributed by atoms with Crippen LogP contribution in [0.1, 0.15) is 41.5 Å². The van der Waals surface area contributed by atoms with Crippen LogP contribution < -0.4 is 0 Å². The Balaban J connectivity index is 1.94. The highest BCUT2D eigenvalue weighted by Crippen LogP contribution is 2.25. The van der Waals surface area contributed by atoms with E-state index in [4.69, 9.17) is 23.2 Å². The molecule has 0 aliphatic rings. The van der Waals surface area contributed by atoms with Crippen LogP contribution >= 0.6 is 23.2 Å². The lowest BCUT2D eigenvalue weighted by Crippen LogP contribution is -2.31. The van der Waals surface area contributed by atoms with E-state index in [9.17, 15) is 18.3 Å². The van der Waals surface area contributed by atoms with E-state index < -0.39 is 22.9 Å². The fourth-order valence-corrected chi connectivity index (χ4v) is 4.38. The summed E-state index contributed by atoms with van der Waals surface area (Å²) in [6.07, 6.45) is 0.218. The van der Waals surface area contributed by atoms with E-state index in [2.05, 4.69) is 4.98 Å². The quantitative estimate of drug-likeness (QED) is 0.475. The van der Waals surface area contributed by atoms with Gasteiger partial charge in [0.2, 0.25) is 10.9 Å². The predicted molar refractivity (Wildman–Crippen MR) is 122 cm³/mol. The number of imidazole rings is 1. The second-order valence-electron chi connectivity index (χ2n) is 7.34. The van der Waals surface area contributed by atoms with E-state index in [1.165, 1.54) is 0 Å². The van der Waals surface area contributed by atoms with Crippen LogP contribution in [-0.2, 0) is 17.4 Å². The van der Waals surface area contributed by atoms with E-state index in [-0.39, 0.29) is 12.1 Å². The summed E-state index contributed by atoms with van der Waals surface area (Å²) in [5, 5.41) is 10.4. The van der Waals surface area contributed by atoms with Crippen molar-refractivity contribution in [2.75, 3.05) is 6.54 Å². The number of fused-ring (bicyclic) bond motifs is 1. The minimum atomic E-state index is -3.10. The zero-order valence-electron chi connectivity index (χ0n) is 17.1. The molecule has 0 unspecified atom stereocenters. The number of halogens is 2. The molecule has 0 spiro atoms. The van der Waals surface area contributed by atoms with Crippen molar-refractivity contribution in [3.8, 4) is 0 Å². The third-order valence-electron chi connectivity index (χ3n) is 4.95. The summed E-state index contributed by atoms with van der Waals surface area (Å²) < 4.78 is 26.1. The van der Waals surface area contributed by atoms with Gasteiger partial charge in [0.1, 0.15) is 5.82 Å². The molecule has 1 N–H and O–H groups in total. The van der Waals surface area contributed by atoms with Gasteiger partial charge in [0.25, 0.3) is 5.91 Å². The number of aryl methyl sites for hydroxylation is 1. The summed E-state index contributed by atoms with van der Waals surface area (Å²) in [5.41, 5.74) is 2.46. The number of hydrogen-bond acceptors (Lipinski definition) is 5. The van der Waals surface area contributed by atoms with Gasteiger partial charge in [-0.15, -0.1) is 0 Å². The third-order valence-corrected chi connectivity index (χ3v) is 6.32. The molecule has 0 fully saturated rings. The lowest BCUT2D eigenvalue weighted by Gasteiger charge is -2.16. The summed E-state index contributed by atoms with van der Waals surface area (Å²) >= 11 is 12.3. The van der Waals surface area contributed by atoms with E-state index in [1.807, 2.05) is 17.6 Å². The molecule has 0 aliphatic carbocycles. The first-order valence-corrected chi connectivity index (χ1v) is 11.6. The number of thiol groups is 1. The Morgan fingerprint density at radius 3 is 2.61 bits per heavy atom. The average molecular weight is 484 g/mol. The van der Waals surface area contributed by atoms with Crippen molar-refractivity contribution in [2.45, 2.75) is 39.3 Å². The first kappa shape index (κ1) is 23.5. The lowest BCUT2D eigenvalue weighted by atomic mass is 10.1. The molecule has 2 aromatic carbocycles. The Morgan fingerprint density at radius 2 is 1.97 bits per heavy atom. The van der Waals surface area contributed by atoms with Gasteiger partial charge in [-0.1, -0.05) is 29.3 Å². The predicted octanol–water partition coefficient (Wildman–Crippen LogP) is 3.83. The van der Waals surface area contributed by atoms with Crippen molar-refractivity contribution in [1.29, 1.82) is 0 Å². The number of aliphatic hydroxyl groups is 1. The van der Waals surface area contributed by atoms with E-state index in [0.29, 0.717) is 40.5 Å². The zero-order chi connectivity index (χ0) is 22.7. The van der Waals surface area contributed by atoms with Crippen LogP contribution in [0.3, 0.4) is 0 Å². The van der Waals surface area contributed by atoms with Crippen molar-refractivity contribution in [3.63, 3.8) is 0 Å². The summed E-state index contributed by atoms with van der Waals surface area (Å²) in [6, 6.07) is 10.2. The molecule has 1 heterocycles. The summed E-state index contributed by atoms with van der Waals surface area (Å²) in [4.78, 5) is 17.4. The first-order chi connectivity index (χ1) is 14.7. The van der Waals surface area contributed by atoms with Gasteiger partial charge >= 0.3 is 0 Å². The molecule has 166 valence electrons. The van der Waals surface area contributed by atoms with Crippen molar-refractivity contribution < 1.29 is 18.3 Å². The smallest absolute Gasteiger partial charge is 0.267 e. The molecule has 7 nitrogen and oxygen atoms in total. The van der Waals surface area contributed by atoms with Gasteiger partial charge in [0.15, 0.2) is 0 Å². The van der Waals surface area contributed by atoms with Gasteiger partial charge in [-0.05, 0) is 62.6 Å². The number of carbonyl (C=O) groups is 1. The highest BCUT2D eigenvalue weighted by Gasteiger charge is 2.20. The zero-order valence-corrected chi connectivity index (χ0v) is 19.5. The minimum Gasteiger partial charge on any atom is -0.393 e. The standard InChI is InChI=1S/C21H23Cl2N3O4S/c1-13(27)4-3-9-26(31(29)30)21(28)15-6-8-19-20(10-15)25(14(2)24-19)12-16-5-7-17(22)11-18(16)23/h5-8,10-11,13,27,31H,3-4,9,12H2,1-2H3/t13-/m1/s1. The maximum Gasteiger partial charge on any atom is 0.267 e. The van der Waals surface area contributed by atoms with Crippen molar-refractivity contribution >= 4 is 51.0 Å². The number of amides is 1. The van der Waals surface area contributed by atoms with Crippen molar-refractivity contribution in [3.05, 3.63) is 63.4 Å². The first-order valence-electron chi connectivity index (χ1n) is 9.72. The number of hydrogen-bond donors (Lipinski definition) is 2. The normalized spacial score (nSPS) is 12.5. The molecule has 1 amide bonds. The van der Waals surface area contributed by atoms with Crippen LogP contribution in [0.5, 0.6) is 0 Å². The molecule has 31 heavy (non-hydrogen) atoms. The number of carbonyl (C=O) groups excluding carboxylic acids is 1. The van der Waals surface area contributed by atoms with Gasteiger partial charge < -0.3 is 9.67 Å². The fraction of sp³-hybridized carbons (Fsp3) is 0.333. The summed E-state index contributed by atoms with van der Waals surface area (Å²) in [5.74, 6) is 0.118. The SMILES string of the molecule is Cc1nc2ccc(C(=O)N(CCC[C@@H](C)O)[SH](=O)=O)cc2n1Cc1ccc(Cl)cc1Cl. The highest BCUT2D eigenvalue weighted by atomic mass is 35.5. The third kappa shape index (κ3) is 5.57. The second-order valence-corrected chi connectivity index (χ2v) is 9.14. The van der Waals surface area contributed by atoms with Gasteiger partial charge in [0.05, 0.1) is 23.7 Å². The topological polar surface area (TPSA) is 92.5 Å². The molecule has 3 rings (SSSR count). The summed E-state index contributed by atoms with van der Waals surface area (Å²) in [6.45, 7) is 3.90. The molecule has 0 radical (unpaired) electrons. The van der Waals surface area contributed by atoms with Gasteiger partial charge in [-0.3, -0.25) is 4.79 Å². The van der Waals surface area contributed by atoms with Crippen molar-refractivity contribution in [2.24, 2.45) is 0 Å². The van der Waals surface area contributed by atoms with Gasteiger partial charge in [-0.2, -0.15) is 0 Å². The molecule has 10 heteroatoms. The Morgan fingerprint density at radius 1 is 1.23 bits per heavy atom. The molecule has 0 saturated carbocycles. The minimum absolute atomic E-state index is 0.0130. The van der Waals surface area contributed by atoms with Crippen LogP contribution in [0.2, 0.25) is 10.0 Å². The molecule has 0 saturated heterocycles. The van der Waals surface area contributed by atoms with Crippen molar-refractivity contribution in [1.82, 2.24) is 13.9 Å². The molecule has 1 aromatic heterocycles. The Kier molecular flexibility index (Phi) is 7.59. The van der Waals surface area contributed by atoms with Crippen LogP contribution in [0.25, 0.3) is 11.0 Å². The molecular weight excluding hydrogens is 461 g/mol. The lowest BCUT2D eigenvalue weighted by molar-refractivity contribution is 0.0857. The molecule has 3 aromatic rings. The number of aliphatic hydroxyl groups excluding tert-OH is 1. The molecular formula is C21H23Cl2N3O4S. The van der Waals surface area contributed by atoms with Crippen LogP contribution in [0.4, 0.5) is 0 Å². The Bertz CT molecular complexity index is 1180. The maximum absolute atomic E-state index is 12.9. The van der Waals surface area contributed by atoms with Gasteiger partial charge in [0, 0.05) is 22.2 Å². The fourth-order valence-electron chi connectivity index (χ4n) is 3.34. The molecule has 1 atom stereocenters. The molecule has 0 aliphatic heterocycles. The van der Waals surface area contributed by atoms with Crippen LogP contribution in [0, 0.1) is 6.92 Å². The number of nitrogens with zero attached hydrogens (tertiary/aromatic N) is 3. The van der Waals surface area contributed by atoms with Crippen LogP contribution in [0.15, 0.2) is 36.4 Å². The number of aromatic nitrogens is 2. The van der Waals surface area contributed by atoms with E-state index in [1.54, 1.807) is 37.3 Å². The van der Waals surface area contributed by atoms with E-state index >= 15 is 0 Å². The van der Waals surface area contributed by atoms with Crippen LogP contribution in [-0.4, -0.2) is 45.9 Å². The molecule has 0 bridgehead atoms. The maximum atomic E-state index is 12.9. The highest BCUT2D eigenvalue weighted by molar-refractivity contribution is 7.70. The average Bonchev–Trinajstić information content (AvgIpc) is 3.00. The Labute approximate surface area is 192 Å². The number of benzene rings is 2. The van der Waals surface area contributed by atoms with Gasteiger partial charge in [-0.25, -0.2) is 17.7 Å². The summed E-state index contributed by atoms with van der Waals surface area (Å²) in [7, 11) is -3.10. The second kappa shape index (κ2) is 9.99. The number of rotatable bonds is 8.